The number of ether oxygens (including phenoxy) is 1. The number of benzene rings is 1. The SMILES string of the molecule is CCN1CCC[C@](O)(c2nc(C)c(COc3ccc(F)c(F)c3)s2)CC1. The van der Waals surface area contributed by atoms with Crippen LogP contribution in [0.1, 0.15) is 41.8 Å². The fraction of sp³-hybridized carbons (Fsp3) is 0.526. The first kappa shape index (κ1) is 19.2. The third-order valence-corrected chi connectivity index (χ3v) is 6.23. The van der Waals surface area contributed by atoms with Crippen molar-refractivity contribution in [2.45, 2.75) is 45.3 Å². The summed E-state index contributed by atoms with van der Waals surface area (Å²) in [7, 11) is 0. The lowest BCUT2D eigenvalue weighted by Crippen LogP contribution is -2.29. The molecule has 1 fully saturated rings. The Hall–Kier alpha value is -1.57. The quantitative estimate of drug-likeness (QED) is 0.849. The first-order chi connectivity index (χ1) is 12.4. The van der Waals surface area contributed by atoms with Gasteiger partial charge in [0.25, 0.3) is 0 Å². The third-order valence-electron chi connectivity index (χ3n) is 4.91. The summed E-state index contributed by atoms with van der Waals surface area (Å²) in [5.41, 5.74) is -0.0999. The van der Waals surface area contributed by atoms with Crippen LogP contribution in [-0.2, 0) is 12.2 Å². The number of hydrogen-bond acceptors (Lipinski definition) is 5. The lowest BCUT2D eigenvalue weighted by atomic mass is 9.96. The fourth-order valence-electron chi connectivity index (χ4n) is 3.18. The Balaban J connectivity index is 1.71. The Morgan fingerprint density at radius 2 is 2.08 bits per heavy atom. The molecular weight excluding hydrogens is 358 g/mol. The molecule has 1 N–H and O–H groups in total. The molecule has 0 amide bonds. The van der Waals surface area contributed by atoms with Gasteiger partial charge in [-0.3, -0.25) is 0 Å². The standard InChI is InChI=1S/C19H24F2N2O2S/c1-3-23-9-4-7-19(24,8-10-23)18-22-13(2)17(26-18)12-25-14-5-6-15(20)16(21)11-14/h5-6,11,24H,3-4,7-10,12H2,1-2H3/t19-/m1/s1. The van der Waals surface area contributed by atoms with Crippen LogP contribution in [0.3, 0.4) is 0 Å². The van der Waals surface area contributed by atoms with Gasteiger partial charge in [0.2, 0.25) is 0 Å². The summed E-state index contributed by atoms with van der Waals surface area (Å²) in [4.78, 5) is 7.80. The lowest BCUT2D eigenvalue weighted by Gasteiger charge is -2.24. The highest BCUT2D eigenvalue weighted by Gasteiger charge is 2.35. The highest BCUT2D eigenvalue weighted by atomic mass is 32.1. The van der Waals surface area contributed by atoms with E-state index in [0.29, 0.717) is 12.8 Å². The first-order valence-corrected chi connectivity index (χ1v) is 9.72. The van der Waals surface area contributed by atoms with Crippen LogP contribution in [0.2, 0.25) is 0 Å². The topological polar surface area (TPSA) is 45.6 Å². The van der Waals surface area contributed by atoms with Crippen molar-refractivity contribution in [2.24, 2.45) is 0 Å². The molecule has 26 heavy (non-hydrogen) atoms. The van der Waals surface area contributed by atoms with Crippen LogP contribution in [0, 0.1) is 18.6 Å². The van der Waals surface area contributed by atoms with Crippen LogP contribution in [0.5, 0.6) is 5.75 Å². The van der Waals surface area contributed by atoms with Crippen molar-refractivity contribution in [3.63, 3.8) is 0 Å². The fourth-order valence-corrected chi connectivity index (χ4v) is 4.30. The molecule has 3 rings (SSSR count). The van der Waals surface area contributed by atoms with E-state index in [4.69, 9.17) is 4.74 Å². The Bertz CT molecular complexity index is 768. The maximum atomic E-state index is 13.3. The van der Waals surface area contributed by atoms with Gasteiger partial charge in [0.1, 0.15) is 23.0 Å². The zero-order chi connectivity index (χ0) is 18.7. The third kappa shape index (κ3) is 4.22. The molecule has 0 unspecified atom stereocenters. The van der Waals surface area contributed by atoms with E-state index in [-0.39, 0.29) is 12.4 Å². The van der Waals surface area contributed by atoms with Gasteiger partial charge in [0, 0.05) is 12.6 Å². The molecule has 2 aromatic rings. The van der Waals surface area contributed by atoms with E-state index in [1.165, 1.54) is 17.4 Å². The average molecular weight is 382 g/mol. The Labute approximate surface area is 156 Å². The van der Waals surface area contributed by atoms with E-state index in [1.807, 2.05) is 6.92 Å². The number of hydrogen-bond donors (Lipinski definition) is 1. The van der Waals surface area contributed by atoms with Gasteiger partial charge >= 0.3 is 0 Å². The number of likely N-dealkylation sites (tertiary alicyclic amines) is 1. The summed E-state index contributed by atoms with van der Waals surface area (Å²) >= 11 is 1.44. The second-order valence-corrected chi connectivity index (χ2v) is 7.80. The summed E-state index contributed by atoms with van der Waals surface area (Å²) in [5.74, 6) is -1.56. The Kier molecular flexibility index (Phi) is 5.89. The molecule has 142 valence electrons. The van der Waals surface area contributed by atoms with Crippen LogP contribution in [0.15, 0.2) is 18.2 Å². The van der Waals surface area contributed by atoms with Gasteiger partial charge in [-0.05, 0) is 51.4 Å². The normalized spacial score (nSPS) is 21.6. The smallest absolute Gasteiger partial charge is 0.162 e. The van der Waals surface area contributed by atoms with E-state index in [9.17, 15) is 13.9 Å². The minimum Gasteiger partial charge on any atom is -0.488 e. The van der Waals surface area contributed by atoms with Crippen molar-refractivity contribution < 1.29 is 18.6 Å². The summed E-state index contributed by atoms with van der Waals surface area (Å²) in [6.07, 6.45) is 2.29. The van der Waals surface area contributed by atoms with E-state index >= 15 is 0 Å². The molecule has 0 spiro atoms. The van der Waals surface area contributed by atoms with Gasteiger partial charge in [0.05, 0.1) is 10.6 Å². The molecule has 2 heterocycles. The van der Waals surface area contributed by atoms with Gasteiger partial charge in [-0.15, -0.1) is 11.3 Å². The number of aryl methyl sites for hydroxylation is 1. The molecule has 0 bridgehead atoms. The van der Waals surface area contributed by atoms with E-state index in [2.05, 4.69) is 16.8 Å². The molecule has 0 aliphatic carbocycles. The number of nitrogens with zero attached hydrogens (tertiary/aromatic N) is 2. The molecule has 7 heteroatoms. The van der Waals surface area contributed by atoms with Crippen LogP contribution < -0.4 is 4.74 Å². The van der Waals surface area contributed by atoms with Gasteiger partial charge in [-0.1, -0.05) is 6.92 Å². The first-order valence-electron chi connectivity index (χ1n) is 8.90. The second-order valence-electron chi connectivity index (χ2n) is 6.71. The summed E-state index contributed by atoms with van der Waals surface area (Å²) in [6, 6.07) is 3.47. The maximum Gasteiger partial charge on any atom is 0.162 e. The second kappa shape index (κ2) is 7.98. The highest BCUT2D eigenvalue weighted by Crippen LogP contribution is 2.36. The zero-order valence-corrected chi connectivity index (χ0v) is 15.9. The van der Waals surface area contributed by atoms with E-state index in [0.717, 1.165) is 53.8 Å². The van der Waals surface area contributed by atoms with Crippen molar-refractivity contribution in [3.8, 4) is 5.75 Å². The molecule has 1 aliphatic heterocycles. The van der Waals surface area contributed by atoms with Crippen LogP contribution in [0.4, 0.5) is 8.78 Å². The molecule has 0 saturated carbocycles. The van der Waals surface area contributed by atoms with Gasteiger partial charge < -0.3 is 14.7 Å². The number of aromatic nitrogens is 1. The monoisotopic (exact) mass is 382 g/mol. The molecule has 1 aliphatic rings. The van der Waals surface area contributed by atoms with Crippen LogP contribution >= 0.6 is 11.3 Å². The molecule has 1 aromatic heterocycles. The van der Waals surface area contributed by atoms with Crippen molar-refractivity contribution in [1.29, 1.82) is 0 Å². The largest absolute Gasteiger partial charge is 0.488 e. The number of rotatable bonds is 5. The maximum absolute atomic E-state index is 13.3. The summed E-state index contributed by atoms with van der Waals surface area (Å²) < 4.78 is 31.8. The van der Waals surface area contributed by atoms with Gasteiger partial charge in [-0.25, -0.2) is 13.8 Å². The molecule has 1 aromatic carbocycles. The van der Waals surface area contributed by atoms with Crippen LogP contribution in [0.25, 0.3) is 0 Å². The number of thiazole rings is 1. The molecule has 0 radical (unpaired) electrons. The minimum atomic E-state index is -0.933. The van der Waals surface area contributed by atoms with E-state index < -0.39 is 17.2 Å². The summed E-state index contributed by atoms with van der Waals surface area (Å²) in [6.45, 7) is 7.06. The Morgan fingerprint density at radius 3 is 2.81 bits per heavy atom. The van der Waals surface area contributed by atoms with Crippen LogP contribution in [-0.4, -0.2) is 34.6 Å². The predicted octanol–water partition coefficient (Wildman–Crippen LogP) is 4.00. The average Bonchev–Trinajstić information content (AvgIpc) is 2.88. The zero-order valence-electron chi connectivity index (χ0n) is 15.1. The molecular formula is C19H24F2N2O2S. The molecule has 4 nitrogen and oxygen atoms in total. The Morgan fingerprint density at radius 1 is 1.27 bits per heavy atom. The molecule has 1 atom stereocenters. The number of halogens is 2. The molecule has 1 saturated heterocycles. The van der Waals surface area contributed by atoms with Crippen molar-refractivity contribution in [3.05, 3.63) is 45.4 Å². The van der Waals surface area contributed by atoms with E-state index in [1.54, 1.807) is 0 Å². The van der Waals surface area contributed by atoms with Crippen molar-refractivity contribution in [1.82, 2.24) is 9.88 Å². The minimum absolute atomic E-state index is 0.214. The summed E-state index contributed by atoms with van der Waals surface area (Å²) in [5, 5.41) is 11.8. The van der Waals surface area contributed by atoms with Crippen molar-refractivity contribution >= 4 is 11.3 Å². The predicted molar refractivity (Wildman–Crippen MR) is 97.4 cm³/mol. The van der Waals surface area contributed by atoms with Gasteiger partial charge in [-0.2, -0.15) is 0 Å². The number of aliphatic hydroxyl groups is 1. The highest BCUT2D eigenvalue weighted by molar-refractivity contribution is 7.11. The lowest BCUT2D eigenvalue weighted by molar-refractivity contribution is 0.0210. The van der Waals surface area contributed by atoms with Gasteiger partial charge in [0.15, 0.2) is 11.6 Å². The van der Waals surface area contributed by atoms with Crippen molar-refractivity contribution in [2.75, 3.05) is 19.6 Å².